The molecule has 1 N–H and O–H groups in total. The summed E-state index contributed by atoms with van der Waals surface area (Å²) in [5, 5.41) is 20.6. The highest BCUT2D eigenvalue weighted by Crippen LogP contribution is 2.19. The second-order valence-corrected chi connectivity index (χ2v) is 4.95. The third kappa shape index (κ3) is 2.89. The van der Waals surface area contributed by atoms with Gasteiger partial charge in [-0.3, -0.25) is 14.9 Å². The number of nitriles is 1. The Hall–Kier alpha value is -3.79. The lowest BCUT2D eigenvalue weighted by Crippen LogP contribution is -2.11. The Labute approximate surface area is 135 Å². The van der Waals surface area contributed by atoms with E-state index >= 15 is 0 Å². The molecule has 3 rings (SSSR count). The number of aromatic amines is 1. The number of rotatable bonds is 3. The van der Waals surface area contributed by atoms with Crippen LogP contribution >= 0.6 is 0 Å². The van der Waals surface area contributed by atoms with Crippen molar-refractivity contribution >= 4 is 28.2 Å². The van der Waals surface area contributed by atoms with Gasteiger partial charge in [-0.25, -0.2) is 4.98 Å². The van der Waals surface area contributed by atoms with Crippen LogP contribution in [0.25, 0.3) is 22.6 Å². The number of aromatic nitrogens is 2. The summed E-state index contributed by atoms with van der Waals surface area (Å²) < 4.78 is 0. The predicted octanol–water partition coefficient (Wildman–Crippen LogP) is 2.90. The largest absolute Gasteiger partial charge is 0.305 e. The number of nitro groups is 1. The van der Waals surface area contributed by atoms with Crippen molar-refractivity contribution < 1.29 is 4.92 Å². The third-order valence-corrected chi connectivity index (χ3v) is 3.38. The van der Waals surface area contributed by atoms with E-state index in [-0.39, 0.29) is 22.6 Å². The monoisotopic (exact) mass is 318 g/mol. The molecule has 0 fully saturated rings. The molecule has 0 bridgehead atoms. The summed E-state index contributed by atoms with van der Waals surface area (Å²) in [4.78, 5) is 29.3. The molecule has 1 aromatic heterocycles. The van der Waals surface area contributed by atoms with Crippen LogP contribution in [0.2, 0.25) is 0 Å². The molecule has 3 aromatic rings. The molecule has 2 aromatic carbocycles. The van der Waals surface area contributed by atoms with Gasteiger partial charge >= 0.3 is 0 Å². The highest BCUT2D eigenvalue weighted by molar-refractivity contribution is 5.89. The van der Waals surface area contributed by atoms with Crippen molar-refractivity contribution in [1.82, 2.24) is 9.97 Å². The van der Waals surface area contributed by atoms with Crippen molar-refractivity contribution in [1.29, 1.82) is 5.26 Å². The van der Waals surface area contributed by atoms with Crippen molar-refractivity contribution in [2.24, 2.45) is 0 Å². The number of nitro benzene ring substituents is 1. The fourth-order valence-electron chi connectivity index (χ4n) is 2.26. The molecule has 0 unspecified atom stereocenters. The number of hydrogen-bond donors (Lipinski definition) is 1. The molecule has 116 valence electrons. The average Bonchev–Trinajstić information content (AvgIpc) is 2.60. The summed E-state index contributed by atoms with van der Waals surface area (Å²) >= 11 is 0. The average molecular weight is 318 g/mol. The topological polar surface area (TPSA) is 113 Å². The van der Waals surface area contributed by atoms with Crippen molar-refractivity contribution in [3.05, 3.63) is 80.4 Å². The third-order valence-electron chi connectivity index (χ3n) is 3.38. The summed E-state index contributed by atoms with van der Waals surface area (Å²) in [5.41, 5.74) is 0.614. The Morgan fingerprint density at radius 1 is 1.25 bits per heavy atom. The molecular weight excluding hydrogens is 308 g/mol. The molecule has 0 radical (unpaired) electrons. The fraction of sp³-hybridized carbons (Fsp3) is 0. The Morgan fingerprint density at radius 3 is 2.79 bits per heavy atom. The van der Waals surface area contributed by atoms with Crippen molar-refractivity contribution in [3.63, 3.8) is 0 Å². The van der Waals surface area contributed by atoms with Gasteiger partial charge in [0.1, 0.15) is 6.07 Å². The zero-order valence-corrected chi connectivity index (χ0v) is 12.3. The molecule has 0 aliphatic rings. The van der Waals surface area contributed by atoms with E-state index in [1.165, 1.54) is 24.3 Å². The highest BCUT2D eigenvalue weighted by atomic mass is 16.6. The SMILES string of the molecule is N#CC(=Cc1cccc([N+](=O)[O-])c1)c1nc2ccccc2c(=O)[nH]1. The number of hydrogen-bond acceptors (Lipinski definition) is 5. The van der Waals surface area contributed by atoms with Crippen LogP contribution < -0.4 is 5.56 Å². The first-order valence-electron chi connectivity index (χ1n) is 6.94. The Balaban J connectivity index is 2.13. The molecule has 0 aliphatic carbocycles. The van der Waals surface area contributed by atoms with Gasteiger partial charge in [0.15, 0.2) is 5.82 Å². The molecule has 0 spiro atoms. The molecule has 24 heavy (non-hydrogen) atoms. The molecular formula is C17H10N4O3. The van der Waals surface area contributed by atoms with E-state index in [9.17, 15) is 20.2 Å². The summed E-state index contributed by atoms with van der Waals surface area (Å²) in [6.45, 7) is 0. The van der Waals surface area contributed by atoms with Crippen LogP contribution in [-0.4, -0.2) is 14.9 Å². The number of allylic oxidation sites excluding steroid dienone is 1. The number of H-pyrrole nitrogens is 1. The van der Waals surface area contributed by atoms with Crippen LogP contribution in [0.5, 0.6) is 0 Å². The van der Waals surface area contributed by atoms with Crippen LogP contribution in [0, 0.1) is 21.4 Å². The first-order chi connectivity index (χ1) is 11.6. The van der Waals surface area contributed by atoms with E-state index in [4.69, 9.17) is 0 Å². The van der Waals surface area contributed by atoms with Crippen LogP contribution in [0.3, 0.4) is 0 Å². The van der Waals surface area contributed by atoms with Crippen LogP contribution in [-0.2, 0) is 0 Å². The van der Waals surface area contributed by atoms with E-state index in [1.54, 1.807) is 30.3 Å². The predicted molar refractivity (Wildman–Crippen MR) is 88.9 cm³/mol. The smallest absolute Gasteiger partial charge is 0.270 e. The second kappa shape index (κ2) is 6.14. The maximum atomic E-state index is 12.1. The quantitative estimate of drug-likeness (QED) is 0.453. The van der Waals surface area contributed by atoms with Gasteiger partial charge in [-0.2, -0.15) is 5.26 Å². The summed E-state index contributed by atoms with van der Waals surface area (Å²) in [6.07, 6.45) is 1.44. The number of para-hydroxylation sites is 1. The minimum Gasteiger partial charge on any atom is -0.305 e. The molecule has 7 nitrogen and oxygen atoms in total. The highest BCUT2D eigenvalue weighted by Gasteiger charge is 2.09. The van der Waals surface area contributed by atoms with Crippen molar-refractivity contribution in [2.45, 2.75) is 0 Å². The van der Waals surface area contributed by atoms with E-state index in [0.29, 0.717) is 16.5 Å². The normalized spacial score (nSPS) is 11.2. The van der Waals surface area contributed by atoms with Gasteiger partial charge in [0.05, 0.1) is 21.4 Å². The first kappa shape index (κ1) is 15.1. The van der Waals surface area contributed by atoms with Gasteiger partial charge in [0.25, 0.3) is 11.2 Å². The van der Waals surface area contributed by atoms with E-state index in [0.717, 1.165) is 0 Å². The van der Waals surface area contributed by atoms with Gasteiger partial charge in [-0.15, -0.1) is 0 Å². The molecule has 0 saturated carbocycles. The first-order valence-corrected chi connectivity index (χ1v) is 6.94. The molecule has 0 saturated heterocycles. The second-order valence-electron chi connectivity index (χ2n) is 4.95. The number of fused-ring (bicyclic) bond motifs is 1. The Morgan fingerprint density at radius 2 is 2.04 bits per heavy atom. The Bertz CT molecular complexity index is 1080. The fourth-order valence-corrected chi connectivity index (χ4v) is 2.26. The van der Waals surface area contributed by atoms with Gasteiger partial charge in [-0.1, -0.05) is 24.3 Å². The Kier molecular flexibility index (Phi) is 3.87. The molecule has 1 heterocycles. The lowest BCUT2D eigenvalue weighted by atomic mass is 10.1. The molecule has 0 aliphatic heterocycles. The van der Waals surface area contributed by atoms with E-state index in [2.05, 4.69) is 9.97 Å². The molecule has 7 heteroatoms. The van der Waals surface area contributed by atoms with Crippen LogP contribution in [0.15, 0.2) is 53.3 Å². The number of nitrogens with zero attached hydrogens (tertiary/aromatic N) is 3. The molecule has 0 amide bonds. The minimum absolute atomic E-state index is 0.0824. The zero-order valence-electron chi connectivity index (χ0n) is 12.3. The van der Waals surface area contributed by atoms with Gasteiger partial charge in [0.2, 0.25) is 0 Å². The molecule has 0 atom stereocenters. The number of nitrogens with one attached hydrogen (secondary N) is 1. The summed E-state index contributed by atoms with van der Waals surface area (Å²) in [5.74, 6) is 0.118. The van der Waals surface area contributed by atoms with Crippen LogP contribution in [0.4, 0.5) is 5.69 Å². The maximum Gasteiger partial charge on any atom is 0.270 e. The summed E-state index contributed by atoms with van der Waals surface area (Å²) in [6, 6.07) is 14.6. The number of benzene rings is 2. The van der Waals surface area contributed by atoms with Gasteiger partial charge in [-0.05, 0) is 23.8 Å². The maximum absolute atomic E-state index is 12.1. The van der Waals surface area contributed by atoms with Gasteiger partial charge in [0, 0.05) is 12.1 Å². The van der Waals surface area contributed by atoms with E-state index in [1.807, 2.05) is 6.07 Å². The van der Waals surface area contributed by atoms with Crippen LogP contribution in [0.1, 0.15) is 11.4 Å². The zero-order chi connectivity index (χ0) is 17.1. The lowest BCUT2D eigenvalue weighted by Gasteiger charge is -2.02. The standard InChI is InChI=1S/C17H10N4O3/c18-10-12(8-11-4-3-5-13(9-11)21(23)24)16-19-15-7-2-1-6-14(15)17(22)20-16/h1-9H,(H,19,20,22). The lowest BCUT2D eigenvalue weighted by molar-refractivity contribution is -0.384. The van der Waals surface area contributed by atoms with Gasteiger partial charge < -0.3 is 4.98 Å². The minimum atomic E-state index is -0.514. The van der Waals surface area contributed by atoms with Crippen molar-refractivity contribution in [3.8, 4) is 6.07 Å². The van der Waals surface area contributed by atoms with E-state index < -0.39 is 4.92 Å². The number of non-ortho nitro benzene ring substituents is 1. The summed E-state index contributed by atoms with van der Waals surface area (Å²) in [7, 11) is 0. The van der Waals surface area contributed by atoms with Crippen molar-refractivity contribution in [2.75, 3.05) is 0 Å².